The molecule has 0 fully saturated rings. The summed E-state index contributed by atoms with van der Waals surface area (Å²) in [7, 11) is 1.52. The highest BCUT2D eigenvalue weighted by molar-refractivity contribution is 6.35. The van der Waals surface area contributed by atoms with E-state index in [1.807, 2.05) is 6.07 Å². The Labute approximate surface area is 137 Å². The van der Waals surface area contributed by atoms with Gasteiger partial charge < -0.3 is 4.90 Å². The summed E-state index contributed by atoms with van der Waals surface area (Å²) in [6, 6.07) is 6.35. The predicted octanol–water partition coefficient (Wildman–Crippen LogP) is 2.29. The minimum absolute atomic E-state index is 0.215. The second-order valence-electron chi connectivity index (χ2n) is 5.18. The molecular formula is C15H13Cl2N3O2. The normalized spacial score (nSPS) is 13.9. The predicted molar refractivity (Wildman–Crippen MR) is 84.4 cm³/mol. The Morgan fingerprint density at radius 1 is 1.27 bits per heavy atom. The van der Waals surface area contributed by atoms with Gasteiger partial charge in [0, 0.05) is 36.2 Å². The molecular weight excluding hydrogens is 325 g/mol. The van der Waals surface area contributed by atoms with Gasteiger partial charge in [-0.15, -0.1) is 0 Å². The van der Waals surface area contributed by atoms with Crippen molar-refractivity contribution >= 4 is 29.1 Å². The lowest BCUT2D eigenvalue weighted by Gasteiger charge is -2.29. The molecule has 0 saturated heterocycles. The standard InChI is InChI=1S/C15H13Cl2N3O2/c1-19-14(21)3-2-13(18-19)15(22)20-5-4-9-6-10(16)7-12(17)11(9)8-20/h2-3,6-7H,4-5,8H2,1H3. The molecule has 0 unspecified atom stereocenters. The Hall–Kier alpha value is -1.85. The lowest BCUT2D eigenvalue weighted by atomic mass is 9.99. The lowest BCUT2D eigenvalue weighted by molar-refractivity contribution is 0.0726. The Balaban J connectivity index is 1.89. The number of amides is 1. The average Bonchev–Trinajstić information content (AvgIpc) is 2.49. The van der Waals surface area contributed by atoms with Gasteiger partial charge in [-0.1, -0.05) is 23.2 Å². The number of nitrogens with zero attached hydrogens (tertiary/aromatic N) is 3. The Bertz CT molecular complexity index is 817. The van der Waals surface area contributed by atoms with Crippen LogP contribution in [0.1, 0.15) is 21.6 Å². The highest BCUT2D eigenvalue weighted by Crippen LogP contribution is 2.30. The number of carbonyl (C=O) groups is 1. The second-order valence-corrected chi connectivity index (χ2v) is 6.03. The van der Waals surface area contributed by atoms with Gasteiger partial charge in [0.25, 0.3) is 11.5 Å². The number of hydrogen-bond donors (Lipinski definition) is 0. The quantitative estimate of drug-likeness (QED) is 0.802. The van der Waals surface area contributed by atoms with Crippen LogP contribution in [0.3, 0.4) is 0 Å². The summed E-state index contributed by atoms with van der Waals surface area (Å²) < 4.78 is 1.15. The number of halogens is 2. The van der Waals surface area contributed by atoms with Gasteiger partial charge in [0.2, 0.25) is 0 Å². The van der Waals surface area contributed by atoms with Crippen LogP contribution in [0.15, 0.2) is 29.1 Å². The third-order valence-corrected chi connectivity index (χ3v) is 4.27. The molecule has 1 amide bonds. The average molecular weight is 338 g/mol. The van der Waals surface area contributed by atoms with E-state index in [2.05, 4.69) is 5.10 Å². The number of fused-ring (bicyclic) bond motifs is 1. The van der Waals surface area contributed by atoms with Crippen molar-refractivity contribution in [3.63, 3.8) is 0 Å². The van der Waals surface area contributed by atoms with Gasteiger partial charge in [-0.2, -0.15) is 5.10 Å². The van der Waals surface area contributed by atoms with Crippen LogP contribution in [0, 0.1) is 0 Å². The Kier molecular flexibility index (Phi) is 3.93. The molecule has 1 aromatic carbocycles. The van der Waals surface area contributed by atoms with Crippen molar-refractivity contribution in [1.29, 1.82) is 0 Å². The number of rotatable bonds is 1. The fraction of sp³-hybridized carbons (Fsp3) is 0.267. The maximum absolute atomic E-state index is 12.5. The lowest BCUT2D eigenvalue weighted by Crippen LogP contribution is -2.37. The van der Waals surface area contributed by atoms with Crippen LogP contribution < -0.4 is 5.56 Å². The first kappa shape index (κ1) is 15.1. The summed E-state index contributed by atoms with van der Waals surface area (Å²) in [5.74, 6) is -0.215. The molecule has 0 saturated carbocycles. The van der Waals surface area contributed by atoms with Crippen molar-refractivity contribution in [1.82, 2.24) is 14.7 Å². The highest BCUT2D eigenvalue weighted by Gasteiger charge is 2.25. The van der Waals surface area contributed by atoms with Crippen LogP contribution in [0.5, 0.6) is 0 Å². The molecule has 2 aromatic rings. The van der Waals surface area contributed by atoms with Crippen molar-refractivity contribution in [3.8, 4) is 0 Å². The molecule has 0 bridgehead atoms. The van der Waals surface area contributed by atoms with Crippen LogP contribution in [-0.4, -0.2) is 27.1 Å². The summed E-state index contributed by atoms with van der Waals surface area (Å²) in [5, 5.41) is 5.16. The maximum Gasteiger partial charge on any atom is 0.274 e. The monoisotopic (exact) mass is 337 g/mol. The summed E-state index contributed by atoms with van der Waals surface area (Å²) in [6.07, 6.45) is 0.688. The molecule has 22 heavy (non-hydrogen) atoms. The molecule has 1 aromatic heterocycles. The number of aromatic nitrogens is 2. The van der Waals surface area contributed by atoms with Crippen molar-refractivity contribution < 1.29 is 4.79 Å². The van der Waals surface area contributed by atoms with Crippen molar-refractivity contribution in [2.75, 3.05) is 6.54 Å². The van der Waals surface area contributed by atoms with Gasteiger partial charge in [-0.05, 0) is 35.7 Å². The molecule has 2 heterocycles. The van der Waals surface area contributed by atoms with Crippen LogP contribution in [0.25, 0.3) is 0 Å². The first-order valence-electron chi connectivity index (χ1n) is 6.76. The van der Waals surface area contributed by atoms with E-state index in [0.717, 1.165) is 15.8 Å². The van der Waals surface area contributed by atoms with Gasteiger partial charge in [0.1, 0.15) is 5.69 Å². The van der Waals surface area contributed by atoms with Gasteiger partial charge in [0.05, 0.1) is 0 Å². The van der Waals surface area contributed by atoms with E-state index in [4.69, 9.17) is 23.2 Å². The molecule has 0 N–H and O–H groups in total. The fourth-order valence-electron chi connectivity index (χ4n) is 2.53. The first-order valence-corrected chi connectivity index (χ1v) is 7.52. The summed E-state index contributed by atoms with van der Waals surface area (Å²) in [5.41, 5.74) is 1.97. The highest BCUT2D eigenvalue weighted by atomic mass is 35.5. The third kappa shape index (κ3) is 2.74. The molecule has 0 aliphatic carbocycles. The molecule has 3 rings (SSSR count). The largest absolute Gasteiger partial charge is 0.333 e. The van der Waals surface area contributed by atoms with E-state index < -0.39 is 0 Å². The third-order valence-electron chi connectivity index (χ3n) is 3.72. The van der Waals surface area contributed by atoms with E-state index in [9.17, 15) is 9.59 Å². The van der Waals surface area contributed by atoms with Crippen molar-refractivity contribution in [2.24, 2.45) is 7.05 Å². The van der Waals surface area contributed by atoms with E-state index in [0.29, 0.717) is 29.6 Å². The SMILES string of the molecule is Cn1nc(C(=O)N2CCc3cc(Cl)cc(Cl)c3C2)ccc1=O. The smallest absolute Gasteiger partial charge is 0.274 e. The van der Waals surface area contributed by atoms with Crippen LogP contribution in [0.2, 0.25) is 10.0 Å². The van der Waals surface area contributed by atoms with Crippen molar-refractivity contribution in [2.45, 2.75) is 13.0 Å². The minimum Gasteiger partial charge on any atom is -0.333 e. The van der Waals surface area contributed by atoms with Crippen LogP contribution >= 0.6 is 23.2 Å². The summed E-state index contributed by atoms with van der Waals surface area (Å²) >= 11 is 12.2. The summed E-state index contributed by atoms with van der Waals surface area (Å²) in [6.45, 7) is 0.974. The van der Waals surface area contributed by atoms with E-state index >= 15 is 0 Å². The zero-order chi connectivity index (χ0) is 15.9. The molecule has 5 nitrogen and oxygen atoms in total. The molecule has 1 aliphatic heterocycles. The molecule has 114 valence electrons. The maximum atomic E-state index is 12.5. The molecule has 1 aliphatic rings. The zero-order valence-electron chi connectivity index (χ0n) is 11.8. The van der Waals surface area contributed by atoms with Gasteiger partial charge >= 0.3 is 0 Å². The van der Waals surface area contributed by atoms with Gasteiger partial charge in [0.15, 0.2) is 0 Å². The molecule has 0 spiro atoms. The van der Waals surface area contributed by atoms with Gasteiger partial charge in [-0.3, -0.25) is 9.59 Å². The Morgan fingerprint density at radius 2 is 2.05 bits per heavy atom. The van der Waals surface area contributed by atoms with E-state index in [1.165, 1.54) is 19.2 Å². The van der Waals surface area contributed by atoms with E-state index in [-0.39, 0.29) is 17.2 Å². The second kappa shape index (κ2) is 5.74. The number of aryl methyl sites for hydroxylation is 1. The Morgan fingerprint density at radius 3 is 2.77 bits per heavy atom. The molecule has 0 atom stereocenters. The van der Waals surface area contributed by atoms with Crippen molar-refractivity contribution in [3.05, 3.63) is 61.5 Å². The number of hydrogen-bond acceptors (Lipinski definition) is 3. The summed E-state index contributed by atoms with van der Waals surface area (Å²) in [4.78, 5) is 25.6. The fourth-order valence-corrected chi connectivity index (χ4v) is 3.13. The number of benzene rings is 1. The molecule has 7 heteroatoms. The minimum atomic E-state index is -0.252. The van der Waals surface area contributed by atoms with Crippen LogP contribution in [-0.2, 0) is 20.0 Å². The topological polar surface area (TPSA) is 55.2 Å². The number of carbonyl (C=O) groups excluding carboxylic acids is 1. The van der Waals surface area contributed by atoms with E-state index in [1.54, 1.807) is 11.0 Å². The first-order chi connectivity index (χ1) is 10.5. The van der Waals surface area contributed by atoms with Gasteiger partial charge in [-0.25, -0.2) is 4.68 Å². The molecule has 0 radical (unpaired) electrons. The zero-order valence-corrected chi connectivity index (χ0v) is 13.4. The van der Waals surface area contributed by atoms with Crippen LogP contribution in [0.4, 0.5) is 0 Å².